The number of thiophene rings is 1. The van der Waals surface area contributed by atoms with E-state index in [0.29, 0.717) is 6.04 Å². The van der Waals surface area contributed by atoms with E-state index in [1.54, 1.807) is 11.3 Å². The standard InChI is InChI=1S/C12H18N2OS/c1-9-7-13-4-5-14(9)12(15)10(2)11-3-6-16-8-11/h3,6,8-10,13H,4-5,7H2,1-2H3/t9-,10?/m1/s1. The van der Waals surface area contributed by atoms with Crippen molar-refractivity contribution in [3.63, 3.8) is 0 Å². The molecule has 16 heavy (non-hydrogen) atoms. The van der Waals surface area contributed by atoms with Crippen molar-refractivity contribution in [1.82, 2.24) is 10.2 Å². The molecule has 1 N–H and O–H groups in total. The normalized spacial score (nSPS) is 23.1. The van der Waals surface area contributed by atoms with E-state index in [1.165, 1.54) is 0 Å². The molecule has 0 aromatic carbocycles. The third-order valence-electron chi connectivity index (χ3n) is 3.20. The minimum atomic E-state index is -0.00759. The summed E-state index contributed by atoms with van der Waals surface area (Å²) in [4.78, 5) is 14.3. The van der Waals surface area contributed by atoms with Crippen molar-refractivity contribution in [3.05, 3.63) is 22.4 Å². The zero-order valence-corrected chi connectivity index (χ0v) is 10.6. The smallest absolute Gasteiger partial charge is 0.230 e. The Hall–Kier alpha value is -0.870. The average molecular weight is 238 g/mol. The number of carbonyl (C=O) groups is 1. The van der Waals surface area contributed by atoms with E-state index >= 15 is 0 Å². The maximum Gasteiger partial charge on any atom is 0.230 e. The number of nitrogens with zero attached hydrogens (tertiary/aromatic N) is 1. The molecule has 1 amide bonds. The van der Waals surface area contributed by atoms with E-state index in [2.05, 4.69) is 17.6 Å². The van der Waals surface area contributed by atoms with Crippen LogP contribution in [0.25, 0.3) is 0 Å². The lowest BCUT2D eigenvalue weighted by molar-refractivity contribution is -0.135. The van der Waals surface area contributed by atoms with Gasteiger partial charge >= 0.3 is 0 Å². The summed E-state index contributed by atoms with van der Waals surface area (Å²) >= 11 is 1.65. The van der Waals surface area contributed by atoms with Crippen LogP contribution in [-0.4, -0.2) is 36.5 Å². The Morgan fingerprint density at radius 3 is 3.12 bits per heavy atom. The summed E-state index contributed by atoms with van der Waals surface area (Å²) in [5.41, 5.74) is 1.14. The Morgan fingerprint density at radius 2 is 2.50 bits per heavy atom. The molecule has 2 rings (SSSR count). The van der Waals surface area contributed by atoms with Gasteiger partial charge in [0.1, 0.15) is 0 Å². The lowest BCUT2D eigenvalue weighted by Crippen LogP contribution is -2.53. The highest BCUT2D eigenvalue weighted by Crippen LogP contribution is 2.21. The summed E-state index contributed by atoms with van der Waals surface area (Å²) in [6.45, 7) is 6.74. The predicted octanol–water partition coefficient (Wildman–Crippen LogP) is 1.67. The van der Waals surface area contributed by atoms with Gasteiger partial charge in [-0.1, -0.05) is 0 Å². The minimum absolute atomic E-state index is 0.00759. The first-order valence-corrected chi connectivity index (χ1v) is 6.67. The van der Waals surface area contributed by atoms with Gasteiger partial charge in [0.15, 0.2) is 0 Å². The van der Waals surface area contributed by atoms with Gasteiger partial charge in [-0.2, -0.15) is 11.3 Å². The molecule has 0 aliphatic carbocycles. The maximum atomic E-state index is 12.3. The number of piperazine rings is 1. The second-order valence-electron chi connectivity index (χ2n) is 4.36. The van der Waals surface area contributed by atoms with E-state index in [1.807, 2.05) is 23.3 Å². The van der Waals surface area contributed by atoms with Gasteiger partial charge in [-0.15, -0.1) is 0 Å². The van der Waals surface area contributed by atoms with E-state index in [9.17, 15) is 4.79 Å². The largest absolute Gasteiger partial charge is 0.337 e. The Morgan fingerprint density at radius 1 is 1.69 bits per heavy atom. The fraction of sp³-hybridized carbons (Fsp3) is 0.583. The van der Waals surface area contributed by atoms with E-state index < -0.39 is 0 Å². The van der Waals surface area contributed by atoms with Gasteiger partial charge < -0.3 is 10.2 Å². The van der Waals surface area contributed by atoms with Crippen LogP contribution in [0.5, 0.6) is 0 Å². The van der Waals surface area contributed by atoms with Crippen LogP contribution in [0.2, 0.25) is 0 Å². The van der Waals surface area contributed by atoms with Crippen molar-refractivity contribution in [2.45, 2.75) is 25.8 Å². The molecular weight excluding hydrogens is 220 g/mol. The molecule has 1 aromatic rings. The third-order valence-corrected chi connectivity index (χ3v) is 3.90. The summed E-state index contributed by atoms with van der Waals surface area (Å²) in [7, 11) is 0. The first kappa shape index (κ1) is 11.6. The zero-order chi connectivity index (χ0) is 11.5. The predicted molar refractivity (Wildman–Crippen MR) is 66.8 cm³/mol. The van der Waals surface area contributed by atoms with E-state index in [4.69, 9.17) is 0 Å². The molecule has 4 heteroatoms. The summed E-state index contributed by atoms with van der Waals surface area (Å²) in [6, 6.07) is 2.35. The zero-order valence-electron chi connectivity index (χ0n) is 9.77. The molecule has 2 atom stereocenters. The number of hydrogen-bond donors (Lipinski definition) is 1. The highest BCUT2D eigenvalue weighted by atomic mass is 32.1. The van der Waals surface area contributed by atoms with Gasteiger partial charge in [0, 0.05) is 25.7 Å². The molecule has 1 aliphatic heterocycles. The molecule has 88 valence electrons. The van der Waals surface area contributed by atoms with Crippen molar-refractivity contribution in [2.24, 2.45) is 0 Å². The van der Waals surface area contributed by atoms with Crippen LogP contribution in [0, 0.1) is 0 Å². The Labute approximate surface area is 100 Å². The van der Waals surface area contributed by atoms with Gasteiger partial charge in [-0.05, 0) is 36.2 Å². The van der Waals surface area contributed by atoms with Gasteiger partial charge in [0.05, 0.1) is 5.92 Å². The van der Waals surface area contributed by atoms with Crippen LogP contribution >= 0.6 is 11.3 Å². The van der Waals surface area contributed by atoms with E-state index in [-0.39, 0.29) is 11.8 Å². The first-order valence-electron chi connectivity index (χ1n) is 5.73. The van der Waals surface area contributed by atoms with Gasteiger partial charge in [0.2, 0.25) is 5.91 Å². The van der Waals surface area contributed by atoms with Gasteiger partial charge in [-0.25, -0.2) is 0 Å². The fourth-order valence-electron chi connectivity index (χ4n) is 2.08. The maximum absolute atomic E-state index is 12.3. The van der Waals surface area contributed by atoms with Crippen LogP contribution in [0.1, 0.15) is 25.3 Å². The van der Waals surface area contributed by atoms with Crippen molar-refractivity contribution >= 4 is 17.2 Å². The van der Waals surface area contributed by atoms with Crippen LogP contribution in [-0.2, 0) is 4.79 Å². The van der Waals surface area contributed by atoms with Gasteiger partial charge in [0.25, 0.3) is 0 Å². The second-order valence-corrected chi connectivity index (χ2v) is 5.14. The molecule has 0 spiro atoms. The molecule has 1 saturated heterocycles. The van der Waals surface area contributed by atoms with Crippen molar-refractivity contribution in [1.29, 1.82) is 0 Å². The number of amides is 1. The molecule has 1 unspecified atom stereocenters. The number of hydrogen-bond acceptors (Lipinski definition) is 3. The Kier molecular flexibility index (Phi) is 3.61. The van der Waals surface area contributed by atoms with Crippen molar-refractivity contribution < 1.29 is 4.79 Å². The average Bonchev–Trinajstić information content (AvgIpc) is 2.81. The minimum Gasteiger partial charge on any atom is -0.337 e. The van der Waals surface area contributed by atoms with Gasteiger partial charge in [-0.3, -0.25) is 4.79 Å². The number of rotatable bonds is 2. The Bertz CT molecular complexity index is 350. The SMILES string of the molecule is CC(C(=O)N1CCNC[C@H]1C)c1ccsc1. The summed E-state index contributed by atoms with van der Waals surface area (Å²) < 4.78 is 0. The van der Waals surface area contributed by atoms with Crippen LogP contribution in [0.15, 0.2) is 16.8 Å². The number of nitrogens with one attached hydrogen (secondary N) is 1. The number of carbonyl (C=O) groups excluding carboxylic acids is 1. The second kappa shape index (κ2) is 4.97. The summed E-state index contributed by atoms with van der Waals surface area (Å²) in [5.74, 6) is 0.249. The fourth-order valence-corrected chi connectivity index (χ4v) is 2.84. The topological polar surface area (TPSA) is 32.3 Å². The molecular formula is C12H18N2OS. The first-order chi connectivity index (χ1) is 7.70. The lowest BCUT2D eigenvalue weighted by Gasteiger charge is -2.35. The molecule has 0 radical (unpaired) electrons. The molecule has 1 aromatic heterocycles. The summed E-state index contributed by atoms with van der Waals surface area (Å²) in [6.07, 6.45) is 0. The Balaban J connectivity index is 2.06. The highest BCUT2D eigenvalue weighted by molar-refractivity contribution is 7.08. The van der Waals surface area contributed by atoms with E-state index in [0.717, 1.165) is 25.2 Å². The molecule has 0 saturated carbocycles. The molecule has 2 heterocycles. The van der Waals surface area contributed by atoms with Crippen LogP contribution < -0.4 is 5.32 Å². The molecule has 1 aliphatic rings. The molecule has 0 bridgehead atoms. The molecule has 3 nitrogen and oxygen atoms in total. The van der Waals surface area contributed by atoms with Crippen molar-refractivity contribution in [2.75, 3.05) is 19.6 Å². The van der Waals surface area contributed by atoms with Crippen molar-refractivity contribution in [3.8, 4) is 0 Å². The lowest BCUT2D eigenvalue weighted by atomic mass is 10.0. The third kappa shape index (κ3) is 2.28. The summed E-state index contributed by atoms with van der Waals surface area (Å²) in [5, 5.41) is 7.39. The quantitative estimate of drug-likeness (QED) is 0.850. The van der Waals surface area contributed by atoms with Crippen LogP contribution in [0.4, 0.5) is 0 Å². The monoisotopic (exact) mass is 238 g/mol. The van der Waals surface area contributed by atoms with Crippen LogP contribution in [0.3, 0.4) is 0 Å². The molecule has 1 fully saturated rings. The highest BCUT2D eigenvalue weighted by Gasteiger charge is 2.27.